The quantitative estimate of drug-likeness (QED) is 0.643. The third-order valence-corrected chi connectivity index (χ3v) is 4.67. The Morgan fingerprint density at radius 3 is 2.63 bits per heavy atom. The zero-order valence-corrected chi connectivity index (χ0v) is 13.8. The molecular formula is C14H15IN2OS. The summed E-state index contributed by atoms with van der Waals surface area (Å²) < 4.78 is 0.695. The third-order valence-electron chi connectivity index (χ3n) is 2.60. The molecule has 0 aliphatic carbocycles. The Balaban J connectivity index is 2.20. The monoisotopic (exact) mass is 386 g/mol. The van der Waals surface area contributed by atoms with Crippen LogP contribution in [0.1, 0.15) is 31.3 Å². The third kappa shape index (κ3) is 3.82. The first-order valence-corrected chi connectivity index (χ1v) is 8.11. The summed E-state index contributed by atoms with van der Waals surface area (Å²) in [4.78, 5) is 20.4. The average molecular weight is 386 g/mol. The smallest absolute Gasteiger partial charge is 0.264 e. The number of aromatic nitrogens is 2. The lowest BCUT2D eigenvalue weighted by atomic mass is 10.1. The Bertz CT molecular complexity index is 611. The summed E-state index contributed by atoms with van der Waals surface area (Å²) in [6.07, 6.45) is 0. The zero-order chi connectivity index (χ0) is 13.8. The molecule has 2 aromatic rings. The standard InChI is InChI=1S/C14H15IN2OS/c1-9(2)13-12(15)14(18)17-11(16-13)8-19-10-6-4-3-5-7-10/h3-7,9H,8H2,1-2H3,(H,16,17,18). The first-order chi connectivity index (χ1) is 9.08. The molecule has 19 heavy (non-hydrogen) atoms. The van der Waals surface area contributed by atoms with E-state index in [2.05, 4.69) is 58.5 Å². The number of nitrogens with one attached hydrogen (secondary N) is 1. The van der Waals surface area contributed by atoms with Crippen molar-refractivity contribution in [1.82, 2.24) is 9.97 Å². The summed E-state index contributed by atoms with van der Waals surface area (Å²) in [5, 5.41) is 0. The fraction of sp³-hybridized carbons (Fsp3) is 0.286. The molecule has 0 bridgehead atoms. The van der Waals surface area contributed by atoms with E-state index in [1.54, 1.807) is 11.8 Å². The van der Waals surface area contributed by atoms with Crippen molar-refractivity contribution in [2.45, 2.75) is 30.4 Å². The molecule has 5 heteroatoms. The number of hydrogen-bond acceptors (Lipinski definition) is 3. The Morgan fingerprint density at radius 1 is 1.32 bits per heavy atom. The van der Waals surface area contributed by atoms with Crippen molar-refractivity contribution in [3.05, 3.63) is 55.8 Å². The number of aromatic amines is 1. The molecule has 0 aliphatic rings. The first-order valence-electron chi connectivity index (χ1n) is 6.04. The topological polar surface area (TPSA) is 45.8 Å². The van der Waals surface area contributed by atoms with Crippen LogP contribution in [-0.4, -0.2) is 9.97 Å². The van der Waals surface area contributed by atoms with Gasteiger partial charge in [0.2, 0.25) is 0 Å². The van der Waals surface area contributed by atoms with E-state index in [0.29, 0.717) is 9.32 Å². The van der Waals surface area contributed by atoms with Crippen LogP contribution in [-0.2, 0) is 5.75 Å². The van der Waals surface area contributed by atoms with E-state index in [-0.39, 0.29) is 11.5 Å². The maximum absolute atomic E-state index is 11.9. The van der Waals surface area contributed by atoms with Crippen molar-refractivity contribution in [2.24, 2.45) is 0 Å². The van der Waals surface area contributed by atoms with Gasteiger partial charge in [0.1, 0.15) is 5.82 Å². The van der Waals surface area contributed by atoms with E-state index >= 15 is 0 Å². The van der Waals surface area contributed by atoms with Gasteiger partial charge in [0.25, 0.3) is 5.56 Å². The maximum atomic E-state index is 11.9. The number of benzene rings is 1. The van der Waals surface area contributed by atoms with Crippen molar-refractivity contribution in [1.29, 1.82) is 0 Å². The molecule has 0 atom stereocenters. The van der Waals surface area contributed by atoms with Crippen molar-refractivity contribution in [3.8, 4) is 0 Å². The van der Waals surface area contributed by atoms with Gasteiger partial charge in [0, 0.05) is 4.90 Å². The maximum Gasteiger partial charge on any atom is 0.264 e. The van der Waals surface area contributed by atoms with E-state index in [1.807, 2.05) is 18.2 Å². The summed E-state index contributed by atoms with van der Waals surface area (Å²) >= 11 is 3.74. The minimum atomic E-state index is -0.0389. The minimum absolute atomic E-state index is 0.0389. The number of hydrogen-bond donors (Lipinski definition) is 1. The Hall–Kier alpha value is -0.820. The average Bonchev–Trinajstić information content (AvgIpc) is 2.41. The second-order valence-corrected chi connectivity index (χ2v) is 6.60. The Labute approximate surface area is 130 Å². The van der Waals surface area contributed by atoms with E-state index in [4.69, 9.17) is 0 Å². The first kappa shape index (κ1) is 14.6. The molecule has 0 fully saturated rings. The molecule has 0 aliphatic heterocycles. The van der Waals surface area contributed by atoms with Crippen LogP contribution in [0.15, 0.2) is 40.0 Å². The van der Waals surface area contributed by atoms with Crippen molar-refractivity contribution >= 4 is 34.4 Å². The van der Waals surface area contributed by atoms with Crippen LogP contribution in [0.3, 0.4) is 0 Å². The molecule has 0 unspecified atom stereocenters. The molecule has 2 rings (SSSR count). The number of halogens is 1. The van der Waals surface area contributed by atoms with Gasteiger partial charge in [-0.25, -0.2) is 4.98 Å². The normalized spacial score (nSPS) is 10.9. The minimum Gasteiger partial charge on any atom is -0.309 e. The Morgan fingerprint density at radius 2 is 2.00 bits per heavy atom. The predicted molar refractivity (Wildman–Crippen MR) is 87.7 cm³/mol. The summed E-state index contributed by atoms with van der Waals surface area (Å²) in [6, 6.07) is 10.1. The highest BCUT2D eigenvalue weighted by Gasteiger charge is 2.12. The number of nitrogens with zero attached hydrogens (tertiary/aromatic N) is 1. The fourth-order valence-electron chi connectivity index (χ4n) is 1.64. The second-order valence-electron chi connectivity index (χ2n) is 4.47. The van der Waals surface area contributed by atoms with Gasteiger partial charge in [-0.3, -0.25) is 4.79 Å². The molecule has 1 N–H and O–H groups in total. The van der Waals surface area contributed by atoms with E-state index in [0.717, 1.165) is 11.5 Å². The van der Waals surface area contributed by atoms with Crippen molar-refractivity contribution in [3.63, 3.8) is 0 Å². The molecular weight excluding hydrogens is 371 g/mol. The van der Waals surface area contributed by atoms with Crippen LogP contribution >= 0.6 is 34.4 Å². The van der Waals surface area contributed by atoms with E-state index in [1.165, 1.54) is 4.90 Å². The van der Waals surface area contributed by atoms with Gasteiger partial charge in [-0.15, -0.1) is 11.8 Å². The van der Waals surface area contributed by atoms with Gasteiger partial charge in [0.05, 0.1) is 15.0 Å². The molecule has 1 aromatic carbocycles. The molecule has 100 valence electrons. The molecule has 0 radical (unpaired) electrons. The van der Waals surface area contributed by atoms with E-state index < -0.39 is 0 Å². The van der Waals surface area contributed by atoms with Crippen LogP contribution in [0.4, 0.5) is 0 Å². The highest BCUT2D eigenvalue weighted by atomic mass is 127. The molecule has 1 heterocycles. The molecule has 1 aromatic heterocycles. The lowest BCUT2D eigenvalue weighted by Gasteiger charge is -2.09. The van der Waals surface area contributed by atoms with Gasteiger partial charge in [-0.05, 0) is 40.6 Å². The Kier molecular flexibility index (Phi) is 5.04. The van der Waals surface area contributed by atoms with Gasteiger partial charge < -0.3 is 4.98 Å². The summed E-state index contributed by atoms with van der Waals surface area (Å²) in [7, 11) is 0. The molecule has 0 amide bonds. The molecule has 3 nitrogen and oxygen atoms in total. The lowest BCUT2D eigenvalue weighted by molar-refractivity contribution is 0.783. The summed E-state index contributed by atoms with van der Waals surface area (Å²) in [5.74, 6) is 1.67. The molecule has 0 saturated carbocycles. The highest BCUT2D eigenvalue weighted by Crippen LogP contribution is 2.22. The van der Waals surface area contributed by atoms with Crippen LogP contribution in [0, 0.1) is 3.57 Å². The zero-order valence-electron chi connectivity index (χ0n) is 10.8. The number of rotatable bonds is 4. The van der Waals surface area contributed by atoms with Crippen LogP contribution < -0.4 is 5.56 Å². The predicted octanol–water partition coefficient (Wildman–Crippen LogP) is 3.79. The summed E-state index contributed by atoms with van der Waals surface area (Å²) in [6.45, 7) is 4.11. The van der Waals surface area contributed by atoms with Crippen LogP contribution in [0.2, 0.25) is 0 Å². The van der Waals surface area contributed by atoms with Gasteiger partial charge >= 0.3 is 0 Å². The van der Waals surface area contributed by atoms with Crippen LogP contribution in [0.5, 0.6) is 0 Å². The highest BCUT2D eigenvalue weighted by molar-refractivity contribution is 14.1. The van der Waals surface area contributed by atoms with E-state index in [9.17, 15) is 4.79 Å². The van der Waals surface area contributed by atoms with Crippen LogP contribution in [0.25, 0.3) is 0 Å². The number of H-pyrrole nitrogens is 1. The lowest BCUT2D eigenvalue weighted by Crippen LogP contribution is -2.18. The SMILES string of the molecule is CC(C)c1nc(CSc2ccccc2)[nH]c(=O)c1I. The fourth-order valence-corrected chi connectivity index (χ4v) is 3.31. The molecule has 0 spiro atoms. The second kappa shape index (κ2) is 6.56. The largest absolute Gasteiger partial charge is 0.309 e. The molecule has 0 saturated heterocycles. The summed E-state index contributed by atoms with van der Waals surface area (Å²) in [5.41, 5.74) is 0.843. The van der Waals surface area contributed by atoms with Gasteiger partial charge in [-0.1, -0.05) is 32.0 Å². The number of thioether (sulfide) groups is 1. The van der Waals surface area contributed by atoms with Gasteiger partial charge in [0.15, 0.2) is 0 Å². The van der Waals surface area contributed by atoms with Crippen molar-refractivity contribution in [2.75, 3.05) is 0 Å². The van der Waals surface area contributed by atoms with Crippen molar-refractivity contribution < 1.29 is 0 Å². The van der Waals surface area contributed by atoms with Gasteiger partial charge in [-0.2, -0.15) is 0 Å².